The fraction of sp³-hybridized carbons (Fsp3) is 0.550. The number of rotatable bonds is 11. The van der Waals surface area contributed by atoms with E-state index in [0.717, 1.165) is 0 Å². The van der Waals surface area contributed by atoms with Crippen LogP contribution in [-0.2, 0) is 13.8 Å². The van der Waals surface area contributed by atoms with E-state index in [1.54, 1.807) is 32.9 Å². The molecule has 0 bridgehead atoms. The molecule has 0 spiro atoms. The predicted octanol–water partition coefficient (Wildman–Crippen LogP) is 3.53. The third kappa shape index (κ3) is 10.3. The molecule has 0 saturated carbocycles. The van der Waals surface area contributed by atoms with Gasteiger partial charge in [0.15, 0.2) is 0 Å². The van der Waals surface area contributed by atoms with Crippen molar-refractivity contribution < 1.29 is 32.5 Å². The van der Waals surface area contributed by atoms with Gasteiger partial charge in [-0.2, -0.15) is 0 Å². The molecule has 1 atom stereocenters. The number of halogens is 2. The number of benzene rings is 1. The van der Waals surface area contributed by atoms with Gasteiger partial charge in [0.2, 0.25) is 0 Å². The van der Waals surface area contributed by atoms with Crippen LogP contribution in [0.1, 0.15) is 50.4 Å². The van der Waals surface area contributed by atoms with Crippen LogP contribution in [0.3, 0.4) is 0 Å². The lowest BCUT2D eigenvalue weighted by molar-refractivity contribution is -0.136. The minimum Gasteiger partial charge on any atom is -0.491 e. The Hall–Kier alpha value is -2.55. The molecule has 0 aromatic heterocycles. The van der Waals surface area contributed by atoms with Crippen molar-refractivity contribution in [2.75, 3.05) is 19.8 Å². The molecular weight excluding hydrogens is 419 g/mol. The molecule has 0 fully saturated rings. The Morgan fingerprint density at radius 1 is 1.20 bits per heavy atom. The molecule has 2 amide bonds. The molecule has 0 aliphatic heterocycles. The van der Waals surface area contributed by atoms with Crippen LogP contribution < -0.4 is 15.4 Å². The summed E-state index contributed by atoms with van der Waals surface area (Å²) < 4.78 is 26.7. The molecule has 0 radical (unpaired) electrons. The van der Waals surface area contributed by atoms with E-state index in [2.05, 4.69) is 14.9 Å². The van der Waals surface area contributed by atoms with Crippen molar-refractivity contribution in [2.45, 2.75) is 51.7 Å². The van der Waals surface area contributed by atoms with Gasteiger partial charge in [0.25, 0.3) is 5.91 Å². The summed E-state index contributed by atoms with van der Waals surface area (Å²) in [7, 11) is 0. The number of unbranched alkanes of at least 4 members (excludes halogenated alkanes) is 1. The first-order chi connectivity index (χ1) is 14.2. The Bertz CT molecular complexity index is 711. The second-order valence-corrected chi connectivity index (χ2v) is 7.57. The first-order valence-electron chi connectivity index (χ1n) is 9.55. The summed E-state index contributed by atoms with van der Waals surface area (Å²) in [5, 5.41) is 5.17. The van der Waals surface area contributed by atoms with Crippen LogP contribution in [0.2, 0.25) is 0 Å². The van der Waals surface area contributed by atoms with Crippen molar-refractivity contribution >= 4 is 29.8 Å². The van der Waals surface area contributed by atoms with Crippen LogP contribution >= 0.6 is 11.9 Å². The summed E-state index contributed by atoms with van der Waals surface area (Å²) in [6.45, 7) is 4.87. The highest BCUT2D eigenvalue weighted by Crippen LogP contribution is 2.14. The predicted molar refractivity (Wildman–Crippen MR) is 109 cm³/mol. The molecule has 0 saturated heterocycles. The molecule has 10 heteroatoms. The minimum atomic E-state index is -0.966. The quantitative estimate of drug-likeness (QED) is 0.504. The first kappa shape index (κ1) is 25.5. The van der Waals surface area contributed by atoms with Gasteiger partial charge in [0, 0.05) is 12.1 Å². The van der Waals surface area contributed by atoms with Crippen molar-refractivity contribution in [2.24, 2.45) is 0 Å². The lowest BCUT2D eigenvalue weighted by Crippen LogP contribution is -2.41. The second kappa shape index (κ2) is 12.9. The number of hydrogen-bond donors (Lipinski definition) is 2. The van der Waals surface area contributed by atoms with Gasteiger partial charge in [-0.3, -0.25) is 4.79 Å². The zero-order chi connectivity index (χ0) is 22.6. The molecular formula is C20H28ClFN2O6. The SMILES string of the molecule is CC(C)(C)OC(=O)NCCCC[C@H](NC(=O)c1cccc(OCCF)c1)C(=O)OCl. The molecule has 1 rings (SSSR count). The molecule has 0 aliphatic carbocycles. The number of ether oxygens (including phenoxy) is 2. The van der Waals surface area contributed by atoms with Crippen LogP contribution in [-0.4, -0.2) is 49.4 Å². The van der Waals surface area contributed by atoms with E-state index < -0.39 is 36.3 Å². The summed E-state index contributed by atoms with van der Waals surface area (Å²) >= 11 is 5.17. The minimum absolute atomic E-state index is 0.121. The Labute approximate surface area is 180 Å². The summed E-state index contributed by atoms with van der Waals surface area (Å²) in [5.41, 5.74) is -0.344. The first-order valence-corrected chi connectivity index (χ1v) is 9.86. The average molecular weight is 447 g/mol. The molecule has 30 heavy (non-hydrogen) atoms. The van der Waals surface area contributed by atoms with Gasteiger partial charge < -0.3 is 24.4 Å². The lowest BCUT2D eigenvalue weighted by Gasteiger charge is -2.19. The Morgan fingerprint density at radius 2 is 1.93 bits per heavy atom. The van der Waals surface area contributed by atoms with Crippen LogP contribution in [0.15, 0.2) is 24.3 Å². The zero-order valence-electron chi connectivity index (χ0n) is 17.3. The van der Waals surface area contributed by atoms with Crippen LogP contribution in [0.5, 0.6) is 5.75 Å². The van der Waals surface area contributed by atoms with Crippen LogP contribution in [0, 0.1) is 0 Å². The van der Waals surface area contributed by atoms with Crippen molar-refractivity contribution in [3.63, 3.8) is 0 Å². The Balaban J connectivity index is 2.53. The maximum absolute atomic E-state index is 12.4. The maximum atomic E-state index is 12.4. The van der Waals surface area contributed by atoms with Crippen LogP contribution in [0.25, 0.3) is 0 Å². The third-order valence-corrected chi connectivity index (χ3v) is 3.85. The standard InChI is InChI=1S/C20H28ClFN2O6/c1-20(2,3)29-19(27)23-11-5-4-9-16(18(26)30-21)24-17(25)14-7-6-8-15(13-14)28-12-10-22/h6-8,13,16H,4-5,9-12H2,1-3H3,(H,23,27)(H,24,25)/t16-/m0/s1. The van der Waals surface area contributed by atoms with Gasteiger partial charge >= 0.3 is 12.1 Å². The van der Waals surface area contributed by atoms with Crippen molar-refractivity contribution in [1.82, 2.24) is 10.6 Å². The van der Waals surface area contributed by atoms with Gasteiger partial charge in [0.1, 0.15) is 42.5 Å². The zero-order valence-corrected chi connectivity index (χ0v) is 18.1. The van der Waals surface area contributed by atoms with Crippen molar-refractivity contribution in [1.29, 1.82) is 0 Å². The highest BCUT2D eigenvalue weighted by atomic mass is 35.5. The average Bonchev–Trinajstić information content (AvgIpc) is 2.69. The number of carbonyl (C=O) groups is 3. The van der Waals surface area contributed by atoms with Crippen molar-refractivity contribution in [3.8, 4) is 5.75 Å². The van der Waals surface area contributed by atoms with Crippen molar-refractivity contribution in [3.05, 3.63) is 29.8 Å². The van der Waals surface area contributed by atoms with Gasteiger partial charge in [-0.15, -0.1) is 0 Å². The topological polar surface area (TPSA) is 103 Å². The molecule has 1 aromatic carbocycles. The summed E-state index contributed by atoms with van der Waals surface area (Å²) in [6, 6.07) is 5.19. The smallest absolute Gasteiger partial charge is 0.407 e. The fourth-order valence-corrected chi connectivity index (χ4v) is 2.51. The summed E-state index contributed by atoms with van der Waals surface area (Å²) in [4.78, 5) is 35.9. The van der Waals surface area contributed by atoms with E-state index in [1.807, 2.05) is 0 Å². The van der Waals surface area contributed by atoms with E-state index >= 15 is 0 Å². The van der Waals surface area contributed by atoms with E-state index in [9.17, 15) is 18.8 Å². The van der Waals surface area contributed by atoms with E-state index in [-0.39, 0.29) is 18.6 Å². The Kier molecular flexibility index (Phi) is 11.0. The summed E-state index contributed by atoms with van der Waals surface area (Å²) in [5.74, 6) is -0.986. The maximum Gasteiger partial charge on any atom is 0.407 e. The Morgan fingerprint density at radius 3 is 2.57 bits per heavy atom. The van der Waals surface area contributed by atoms with Crippen LogP contribution in [0.4, 0.5) is 9.18 Å². The molecule has 0 heterocycles. The number of carbonyl (C=O) groups excluding carboxylic acids is 3. The molecule has 168 valence electrons. The molecule has 0 aliphatic rings. The fourth-order valence-electron chi connectivity index (χ4n) is 2.41. The second-order valence-electron chi connectivity index (χ2n) is 7.41. The molecule has 0 unspecified atom stereocenters. The van der Waals surface area contributed by atoms with E-state index in [1.165, 1.54) is 12.1 Å². The van der Waals surface area contributed by atoms with Gasteiger partial charge in [-0.05, 0) is 58.2 Å². The van der Waals surface area contributed by atoms with Gasteiger partial charge in [-0.25, -0.2) is 14.0 Å². The molecule has 1 aromatic rings. The number of alkyl halides is 1. The lowest BCUT2D eigenvalue weighted by atomic mass is 10.1. The highest BCUT2D eigenvalue weighted by molar-refractivity contribution is 6.14. The van der Waals surface area contributed by atoms with E-state index in [0.29, 0.717) is 25.1 Å². The third-order valence-electron chi connectivity index (χ3n) is 3.70. The van der Waals surface area contributed by atoms with Gasteiger partial charge in [0.05, 0.1) is 0 Å². The largest absolute Gasteiger partial charge is 0.491 e. The summed E-state index contributed by atoms with van der Waals surface area (Å²) in [6.07, 6.45) is 0.785. The monoisotopic (exact) mass is 446 g/mol. The number of nitrogens with one attached hydrogen (secondary N) is 2. The van der Waals surface area contributed by atoms with Gasteiger partial charge in [-0.1, -0.05) is 6.07 Å². The number of alkyl carbamates (subject to hydrolysis) is 1. The molecule has 2 N–H and O–H groups in total. The normalized spacial score (nSPS) is 11.9. The number of hydrogen-bond acceptors (Lipinski definition) is 6. The highest BCUT2D eigenvalue weighted by Gasteiger charge is 2.23. The van der Waals surface area contributed by atoms with E-state index in [4.69, 9.17) is 21.3 Å². The number of amides is 2. The molecule has 8 nitrogen and oxygen atoms in total.